The van der Waals surface area contributed by atoms with Gasteiger partial charge in [-0.3, -0.25) is 5.10 Å². The van der Waals surface area contributed by atoms with E-state index in [-0.39, 0.29) is 0 Å². The van der Waals surface area contributed by atoms with E-state index in [0.717, 1.165) is 5.56 Å². The van der Waals surface area contributed by atoms with Crippen molar-refractivity contribution in [3.63, 3.8) is 0 Å². The maximum atomic E-state index is 6.13. The standard InChI is InChI=1S/C17H23N3/c1-10-7-8-13(9-12(10)3)15-16(19-20-17(15)18)14-6-4-5-11(14)2/h7-9,11,14H,4-6H2,1-3H3,(H3,18,19,20). The van der Waals surface area contributed by atoms with E-state index in [0.29, 0.717) is 17.7 Å². The minimum absolute atomic E-state index is 0.566. The smallest absolute Gasteiger partial charge is 0.153 e. The fourth-order valence-corrected chi connectivity index (χ4v) is 3.41. The summed E-state index contributed by atoms with van der Waals surface area (Å²) >= 11 is 0. The van der Waals surface area contributed by atoms with Gasteiger partial charge in [0.05, 0.1) is 0 Å². The van der Waals surface area contributed by atoms with Gasteiger partial charge in [0.1, 0.15) is 0 Å². The van der Waals surface area contributed by atoms with E-state index >= 15 is 0 Å². The van der Waals surface area contributed by atoms with Crippen LogP contribution in [-0.2, 0) is 0 Å². The Hall–Kier alpha value is -1.77. The molecule has 2 atom stereocenters. The highest BCUT2D eigenvalue weighted by molar-refractivity contribution is 5.77. The summed E-state index contributed by atoms with van der Waals surface area (Å²) in [5, 5.41) is 7.48. The van der Waals surface area contributed by atoms with Crippen LogP contribution in [0, 0.1) is 19.8 Å². The van der Waals surface area contributed by atoms with E-state index in [2.05, 4.69) is 49.2 Å². The number of aryl methyl sites for hydroxylation is 2. The molecule has 20 heavy (non-hydrogen) atoms. The van der Waals surface area contributed by atoms with Crippen LogP contribution in [0.2, 0.25) is 0 Å². The molecule has 3 nitrogen and oxygen atoms in total. The maximum absolute atomic E-state index is 6.13. The number of nitrogens with one attached hydrogen (secondary N) is 1. The van der Waals surface area contributed by atoms with E-state index in [1.807, 2.05) is 0 Å². The van der Waals surface area contributed by atoms with Crippen LogP contribution >= 0.6 is 0 Å². The molecule has 1 aromatic heterocycles. The summed E-state index contributed by atoms with van der Waals surface area (Å²) in [6.45, 7) is 6.61. The summed E-state index contributed by atoms with van der Waals surface area (Å²) in [4.78, 5) is 0. The average molecular weight is 269 g/mol. The van der Waals surface area contributed by atoms with Crippen LogP contribution in [0.5, 0.6) is 0 Å². The fraction of sp³-hybridized carbons (Fsp3) is 0.471. The maximum Gasteiger partial charge on any atom is 0.153 e. The zero-order valence-electron chi connectivity index (χ0n) is 12.5. The Bertz CT molecular complexity index is 627. The summed E-state index contributed by atoms with van der Waals surface area (Å²) in [6, 6.07) is 6.55. The lowest BCUT2D eigenvalue weighted by Gasteiger charge is -2.16. The number of aromatic amines is 1. The molecule has 1 aliphatic carbocycles. The Balaban J connectivity index is 2.08. The van der Waals surface area contributed by atoms with Crippen molar-refractivity contribution in [2.45, 2.75) is 46.0 Å². The molecule has 0 radical (unpaired) electrons. The topological polar surface area (TPSA) is 54.7 Å². The van der Waals surface area contributed by atoms with Crippen molar-refractivity contribution in [1.82, 2.24) is 10.2 Å². The zero-order chi connectivity index (χ0) is 14.3. The molecule has 2 aromatic rings. The van der Waals surface area contributed by atoms with E-state index in [1.165, 1.54) is 41.6 Å². The third-order valence-electron chi connectivity index (χ3n) is 4.85. The highest BCUT2D eigenvalue weighted by atomic mass is 15.2. The molecular formula is C17H23N3. The van der Waals surface area contributed by atoms with Gasteiger partial charge in [-0.05, 0) is 42.9 Å². The Morgan fingerprint density at radius 1 is 1.20 bits per heavy atom. The number of nitrogen functional groups attached to an aromatic ring is 1. The third-order valence-corrected chi connectivity index (χ3v) is 4.85. The second-order valence-corrected chi connectivity index (χ2v) is 6.21. The number of hydrogen-bond acceptors (Lipinski definition) is 2. The molecule has 3 rings (SSSR count). The first-order valence-corrected chi connectivity index (χ1v) is 7.49. The second kappa shape index (κ2) is 4.97. The first kappa shape index (κ1) is 13.2. The summed E-state index contributed by atoms with van der Waals surface area (Å²) in [6.07, 6.45) is 3.84. The van der Waals surface area contributed by atoms with Gasteiger partial charge in [-0.25, -0.2) is 0 Å². The molecule has 0 aliphatic heterocycles. The lowest BCUT2D eigenvalue weighted by Crippen LogP contribution is -2.04. The molecule has 1 aliphatic rings. The largest absolute Gasteiger partial charge is 0.382 e. The lowest BCUT2D eigenvalue weighted by atomic mass is 9.89. The molecule has 0 amide bonds. The zero-order valence-corrected chi connectivity index (χ0v) is 12.5. The first-order chi connectivity index (χ1) is 9.58. The van der Waals surface area contributed by atoms with Crippen LogP contribution in [0.25, 0.3) is 11.1 Å². The van der Waals surface area contributed by atoms with Crippen molar-refractivity contribution < 1.29 is 0 Å². The van der Waals surface area contributed by atoms with Crippen LogP contribution in [0.15, 0.2) is 18.2 Å². The number of aromatic nitrogens is 2. The highest BCUT2D eigenvalue weighted by Crippen LogP contribution is 2.43. The Morgan fingerprint density at radius 3 is 2.65 bits per heavy atom. The van der Waals surface area contributed by atoms with Gasteiger partial charge in [0.15, 0.2) is 5.82 Å². The van der Waals surface area contributed by atoms with Gasteiger partial charge in [0.25, 0.3) is 0 Å². The summed E-state index contributed by atoms with van der Waals surface area (Å²) in [5.41, 5.74) is 12.3. The Labute approximate surface area is 120 Å². The number of hydrogen-bond donors (Lipinski definition) is 2. The summed E-state index contributed by atoms with van der Waals surface area (Å²) in [5.74, 6) is 1.90. The number of nitrogens with two attached hydrogens (primary N) is 1. The predicted octanol–water partition coefficient (Wildman–Crippen LogP) is 4.18. The van der Waals surface area contributed by atoms with Gasteiger partial charge >= 0.3 is 0 Å². The van der Waals surface area contributed by atoms with Crippen molar-refractivity contribution in [1.29, 1.82) is 0 Å². The normalized spacial score (nSPS) is 22.4. The van der Waals surface area contributed by atoms with E-state index in [9.17, 15) is 0 Å². The molecule has 1 heterocycles. The Kier molecular flexibility index (Phi) is 3.28. The molecular weight excluding hydrogens is 246 g/mol. The number of nitrogens with zero attached hydrogens (tertiary/aromatic N) is 1. The van der Waals surface area contributed by atoms with Gasteiger partial charge in [-0.2, -0.15) is 5.10 Å². The van der Waals surface area contributed by atoms with Gasteiger partial charge in [0, 0.05) is 17.2 Å². The fourth-order valence-electron chi connectivity index (χ4n) is 3.41. The van der Waals surface area contributed by atoms with Crippen molar-refractivity contribution in [2.75, 3.05) is 5.73 Å². The van der Waals surface area contributed by atoms with Gasteiger partial charge in [-0.1, -0.05) is 38.0 Å². The summed E-state index contributed by atoms with van der Waals surface area (Å²) in [7, 11) is 0. The van der Waals surface area contributed by atoms with Crippen LogP contribution < -0.4 is 5.73 Å². The average Bonchev–Trinajstić information content (AvgIpc) is 2.99. The van der Waals surface area contributed by atoms with E-state index < -0.39 is 0 Å². The SMILES string of the molecule is Cc1ccc(-c2c(N)n[nH]c2C2CCCC2C)cc1C. The highest BCUT2D eigenvalue weighted by Gasteiger charge is 2.29. The van der Waals surface area contributed by atoms with E-state index in [1.54, 1.807) is 0 Å². The Morgan fingerprint density at radius 2 is 2.00 bits per heavy atom. The van der Waals surface area contributed by atoms with Crippen molar-refractivity contribution in [3.8, 4) is 11.1 Å². The predicted molar refractivity (Wildman–Crippen MR) is 83.7 cm³/mol. The van der Waals surface area contributed by atoms with E-state index in [4.69, 9.17) is 5.73 Å². The molecule has 1 fully saturated rings. The molecule has 1 saturated carbocycles. The molecule has 0 spiro atoms. The van der Waals surface area contributed by atoms with Gasteiger partial charge in [-0.15, -0.1) is 0 Å². The molecule has 1 aromatic carbocycles. The van der Waals surface area contributed by atoms with Gasteiger partial charge in [0.2, 0.25) is 0 Å². The van der Waals surface area contributed by atoms with Crippen LogP contribution in [-0.4, -0.2) is 10.2 Å². The minimum atomic E-state index is 0.566. The lowest BCUT2D eigenvalue weighted by molar-refractivity contribution is 0.522. The first-order valence-electron chi connectivity index (χ1n) is 7.49. The molecule has 0 saturated heterocycles. The summed E-state index contributed by atoms with van der Waals surface area (Å²) < 4.78 is 0. The number of rotatable bonds is 2. The molecule has 3 N–H and O–H groups in total. The van der Waals surface area contributed by atoms with Crippen molar-refractivity contribution >= 4 is 5.82 Å². The van der Waals surface area contributed by atoms with Crippen molar-refractivity contribution in [3.05, 3.63) is 35.0 Å². The van der Waals surface area contributed by atoms with Gasteiger partial charge < -0.3 is 5.73 Å². The molecule has 3 heteroatoms. The molecule has 106 valence electrons. The second-order valence-electron chi connectivity index (χ2n) is 6.21. The van der Waals surface area contributed by atoms with Crippen LogP contribution in [0.1, 0.15) is 48.9 Å². The minimum Gasteiger partial charge on any atom is -0.382 e. The van der Waals surface area contributed by atoms with Crippen LogP contribution in [0.4, 0.5) is 5.82 Å². The molecule has 2 unspecified atom stereocenters. The number of H-pyrrole nitrogens is 1. The van der Waals surface area contributed by atoms with Crippen LogP contribution in [0.3, 0.4) is 0 Å². The monoisotopic (exact) mass is 269 g/mol. The quantitative estimate of drug-likeness (QED) is 0.859. The number of benzene rings is 1. The van der Waals surface area contributed by atoms with Crippen molar-refractivity contribution in [2.24, 2.45) is 5.92 Å². The number of anilines is 1. The third kappa shape index (κ3) is 2.11. The molecule has 0 bridgehead atoms.